The minimum absolute atomic E-state index is 0.0135. The molecule has 4 nitrogen and oxygen atoms in total. The highest BCUT2D eigenvalue weighted by molar-refractivity contribution is 8.13. The lowest BCUT2D eigenvalue weighted by Crippen LogP contribution is -2.46. The van der Waals surface area contributed by atoms with E-state index in [1.165, 1.54) is 26.7 Å². The van der Waals surface area contributed by atoms with Crippen molar-refractivity contribution in [1.82, 2.24) is 4.90 Å². The normalized spacial score (nSPS) is 17.4. The van der Waals surface area contributed by atoms with Gasteiger partial charge in [-0.25, -0.2) is 0 Å². The number of hydrogen-bond donors (Lipinski definition) is 0. The van der Waals surface area contributed by atoms with Gasteiger partial charge in [0.15, 0.2) is 0 Å². The van der Waals surface area contributed by atoms with E-state index in [1.54, 1.807) is 25.2 Å². The maximum absolute atomic E-state index is 12.8. The maximum Gasteiger partial charge on any atom is 0.291 e. The Morgan fingerprint density at radius 3 is 2.70 bits per heavy atom. The Labute approximate surface area is 168 Å². The number of fused-ring (bicyclic) bond motifs is 1. The van der Waals surface area contributed by atoms with Crippen LogP contribution in [0.3, 0.4) is 0 Å². The van der Waals surface area contributed by atoms with Crippen LogP contribution in [-0.2, 0) is 20.1 Å². The Hall–Kier alpha value is -1.66. The number of nitrogens with zero attached hydrogens (tertiary/aromatic N) is 1. The molecule has 1 amide bonds. The highest BCUT2D eigenvalue weighted by atomic mass is 32.2. The van der Waals surface area contributed by atoms with Crippen LogP contribution in [0.4, 0.5) is 0 Å². The summed E-state index contributed by atoms with van der Waals surface area (Å²) < 4.78 is 1.21. The van der Waals surface area contributed by atoms with Gasteiger partial charge in [0, 0.05) is 27.3 Å². The predicted molar refractivity (Wildman–Crippen MR) is 112 cm³/mol. The van der Waals surface area contributed by atoms with E-state index < -0.39 is 17.4 Å². The van der Waals surface area contributed by atoms with Crippen molar-refractivity contribution in [3.05, 3.63) is 35.2 Å². The van der Waals surface area contributed by atoms with Crippen LogP contribution in [0.1, 0.15) is 44.9 Å². The Bertz CT molecular complexity index is 838. The number of ketones is 1. The van der Waals surface area contributed by atoms with Crippen molar-refractivity contribution in [2.75, 3.05) is 6.54 Å². The average molecular weight is 404 g/mol. The minimum atomic E-state index is -0.683. The Morgan fingerprint density at radius 1 is 1.26 bits per heavy atom. The van der Waals surface area contributed by atoms with Crippen molar-refractivity contribution in [3.8, 4) is 0 Å². The number of benzene rings is 1. The van der Waals surface area contributed by atoms with Crippen LogP contribution in [0, 0.1) is 5.41 Å². The summed E-state index contributed by atoms with van der Waals surface area (Å²) in [5, 5.41) is 1.18. The number of likely N-dealkylation sites (tertiary alicyclic amines) is 1. The van der Waals surface area contributed by atoms with Crippen LogP contribution >= 0.6 is 23.1 Å². The Morgan fingerprint density at radius 2 is 2.00 bits per heavy atom. The van der Waals surface area contributed by atoms with Crippen molar-refractivity contribution >= 4 is 50.0 Å². The number of Topliss-reactive ketones (excluding diaryl/α,β-unsaturated/α-hetero) is 1. The first-order chi connectivity index (χ1) is 12.8. The summed E-state index contributed by atoms with van der Waals surface area (Å²) >= 11 is 2.95. The lowest BCUT2D eigenvalue weighted by molar-refractivity contribution is -0.150. The van der Waals surface area contributed by atoms with E-state index in [1.807, 2.05) is 19.1 Å². The summed E-state index contributed by atoms with van der Waals surface area (Å²) in [5.74, 6) is -0.287. The number of thioether (sulfide) groups is 1. The predicted octanol–water partition coefficient (Wildman–Crippen LogP) is 4.66. The molecule has 1 fully saturated rings. The minimum Gasteiger partial charge on any atom is -0.325 e. The quantitative estimate of drug-likeness (QED) is 0.659. The van der Waals surface area contributed by atoms with E-state index in [9.17, 15) is 14.4 Å². The highest BCUT2D eigenvalue weighted by Crippen LogP contribution is 2.31. The molecular weight excluding hydrogens is 378 g/mol. The molecule has 0 N–H and O–H groups in total. The molecule has 2 heterocycles. The molecule has 2 aromatic rings. The fourth-order valence-electron chi connectivity index (χ4n) is 3.18. The molecule has 1 atom stereocenters. The van der Waals surface area contributed by atoms with Crippen LogP contribution in [0.2, 0.25) is 0 Å². The molecular formula is C21H25NO3S2. The zero-order valence-corrected chi connectivity index (χ0v) is 17.6. The van der Waals surface area contributed by atoms with Gasteiger partial charge in [-0.1, -0.05) is 50.7 Å². The van der Waals surface area contributed by atoms with Crippen LogP contribution in [0.15, 0.2) is 30.3 Å². The number of carbonyl (C=O) groups excluding carboxylic acids is 3. The third-order valence-corrected chi connectivity index (χ3v) is 7.62. The number of carbonyl (C=O) groups is 3. The topological polar surface area (TPSA) is 54.5 Å². The maximum atomic E-state index is 12.8. The Kier molecular flexibility index (Phi) is 6.06. The van der Waals surface area contributed by atoms with Crippen LogP contribution in [0.5, 0.6) is 0 Å². The van der Waals surface area contributed by atoms with Gasteiger partial charge < -0.3 is 4.90 Å². The zero-order valence-electron chi connectivity index (χ0n) is 16.0. The summed E-state index contributed by atoms with van der Waals surface area (Å²) in [5.41, 5.74) is -0.683. The fourth-order valence-corrected chi connectivity index (χ4v) is 5.26. The van der Waals surface area contributed by atoms with Crippen molar-refractivity contribution in [2.45, 2.75) is 51.8 Å². The van der Waals surface area contributed by atoms with Crippen LogP contribution < -0.4 is 0 Å². The van der Waals surface area contributed by atoms with E-state index in [0.29, 0.717) is 25.1 Å². The van der Waals surface area contributed by atoms with Gasteiger partial charge in [-0.3, -0.25) is 14.4 Å². The molecule has 0 aliphatic carbocycles. The van der Waals surface area contributed by atoms with E-state index >= 15 is 0 Å². The molecule has 0 saturated carbocycles. The van der Waals surface area contributed by atoms with Gasteiger partial charge >= 0.3 is 0 Å². The van der Waals surface area contributed by atoms with Gasteiger partial charge in [0.05, 0.1) is 0 Å². The first-order valence-electron chi connectivity index (χ1n) is 9.33. The molecule has 1 aliphatic rings. The highest BCUT2D eigenvalue weighted by Gasteiger charge is 2.41. The van der Waals surface area contributed by atoms with Crippen LogP contribution in [0.25, 0.3) is 10.1 Å². The molecule has 0 spiro atoms. The number of thiophene rings is 1. The lowest BCUT2D eigenvalue weighted by atomic mass is 9.84. The molecule has 1 aromatic carbocycles. The molecule has 1 aliphatic heterocycles. The second-order valence-electron chi connectivity index (χ2n) is 7.58. The largest absolute Gasteiger partial charge is 0.325 e. The Balaban J connectivity index is 1.64. The molecule has 144 valence electrons. The lowest BCUT2D eigenvalue weighted by Gasteiger charge is -2.27. The van der Waals surface area contributed by atoms with Gasteiger partial charge in [0.25, 0.3) is 5.91 Å². The van der Waals surface area contributed by atoms with E-state index in [2.05, 4.69) is 18.2 Å². The SMILES string of the molecule is CCC(C)(C)C(=O)C(=O)N1CCCC1C(=O)SCc1cc2ccccc2s1. The molecule has 1 unspecified atom stereocenters. The third kappa shape index (κ3) is 4.27. The zero-order chi connectivity index (χ0) is 19.6. The summed E-state index contributed by atoms with van der Waals surface area (Å²) in [7, 11) is 0. The monoisotopic (exact) mass is 403 g/mol. The standard InChI is InChI=1S/C21H25NO3S2/c1-4-21(2,3)18(23)19(24)22-11-7-9-16(22)20(25)26-13-15-12-14-8-5-6-10-17(14)27-15/h5-6,8,10,12,16H,4,7,9,11,13H2,1-3H3. The van der Waals surface area contributed by atoms with Crippen LogP contribution in [-0.4, -0.2) is 34.3 Å². The average Bonchev–Trinajstić information content (AvgIpc) is 3.31. The molecule has 27 heavy (non-hydrogen) atoms. The second-order valence-corrected chi connectivity index (χ2v) is 9.73. The first kappa shape index (κ1) is 20.1. The third-order valence-electron chi connectivity index (χ3n) is 5.31. The number of rotatable bonds is 6. The van der Waals surface area contributed by atoms with Crippen molar-refractivity contribution in [1.29, 1.82) is 0 Å². The second kappa shape index (κ2) is 8.15. The van der Waals surface area contributed by atoms with Crippen molar-refractivity contribution in [3.63, 3.8) is 0 Å². The van der Waals surface area contributed by atoms with Gasteiger partial charge in [0.2, 0.25) is 10.9 Å². The molecule has 1 aromatic heterocycles. The van der Waals surface area contributed by atoms with Gasteiger partial charge in [0.1, 0.15) is 6.04 Å². The van der Waals surface area contributed by atoms with Gasteiger partial charge in [-0.2, -0.15) is 0 Å². The molecule has 1 saturated heterocycles. The fraction of sp³-hybridized carbons (Fsp3) is 0.476. The molecule has 0 radical (unpaired) electrons. The summed E-state index contributed by atoms with van der Waals surface area (Å²) in [6.45, 7) is 5.97. The van der Waals surface area contributed by atoms with Gasteiger partial charge in [-0.15, -0.1) is 11.3 Å². The molecule has 6 heteroatoms. The van der Waals surface area contributed by atoms with E-state index in [0.717, 1.165) is 11.3 Å². The smallest absolute Gasteiger partial charge is 0.291 e. The van der Waals surface area contributed by atoms with E-state index in [-0.39, 0.29) is 10.9 Å². The number of amides is 1. The molecule has 0 bridgehead atoms. The van der Waals surface area contributed by atoms with Gasteiger partial charge in [-0.05, 0) is 36.8 Å². The summed E-state index contributed by atoms with van der Waals surface area (Å²) in [6.07, 6.45) is 2.01. The first-order valence-corrected chi connectivity index (χ1v) is 11.1. The summed E-state index contributed by atoms with van der Waals surface area (Å²) in [6, 6.07) is 9.81. The number of hydrogen-bond acceptors (Lipinski definition) is 5. The summed E-state index contributed by atoms with van der Waals surface area (Å²) in [4.78, 5) is 40.6. The van der Waals surface area contributed by atoms with Crippen molar-refractivity contribution < 1.29 is 14.4 Å². The van der Waals surface area contributed by atoms with E-state index in [4.69, 9.17) is 0 Å². The van der Waals surface area contributed by atoms with Crippen molar-refractivity contribution in [2.24, 2.45) is 5.41 Å². The molecule has 3 rings (SSSR count).